The van der Waals surface area contributed by atoms with E-state index in [0.717, 1.165) is 5.56 Å². The second-order valence-electron chi connectivity index (χ2n) is 6.93. The van der Waals surface area contributed by atoms with Crippen LogP contribution >= 0.6 is 34.5 Å². The summed E-state index contributed by atoms with van der Waals surface area (Å²) in [6.45, 7) is 0.516. The van der Waals surface area contributed by atoms with Crippen molar-refractivity contribution in [1.82, 2.24) is 9.88 Å². The van der Waals surface area contributed by atoms with Gasteiger partial charge in [0.15, 0.2) is 10.6 Å². The van der Waals surface area contributed by atoms with Crippen LogP contribution in [0, 0.1) is 5.82 Å². The van der Waals surface area contributed by atoms with Crippen LogP contribution in [0.2, 0.25) is 10.0 Å². The van der Waals surface area contributed by atoms with Gasteiger partial charge >= 0.3 is 0 Å². The molecule has 0 bridgehead atoms. The maximum atomic E-state index is 13.0. The third-order valence-electron chi connectivity index (χ3n) is 4.60. The summed E-state index contributed by atoms with van der Waals surface area (Å²) in [5.41, 5.74) is 1.01. The molecule has 0 fully saturated rings. The van der Waals surface area contributed by atoms with Gasteiger partial charge in [0, 0.05) is 23.1 Å². The third-order valence-corrected chi connectivity index (χ3v) is 5.94. The number of aromatic nitrogens is 1. The Balaban J connectivity index is 1.44. The maximum absolute atomic E-state index is 13.0. The minimum absolute atomic E-state index is 0.144. The van der Waals surface area contributed by atoms with Crippen LogP contribution < -0.4 is 10.1 Å². The van der Waals surface area contributed by atoms with E-state index in [4.69, 9.17) is 27.6 Å². The second-order valence-corrected chi connectivity index (χ2v) is 8.65. The topological polar surface area (TPSA) is 76.6 Å². The number of nitrogens with zero attached hydrogens (tertiary/aromatic N) is 2. The lowest BCUT2D eigenvalue weighted by Crippen LogP contribution is -2.22. The van der Waals surface area contributed by atoms with Crippen molar-refractivity contribution in [2.45, 2.75) is 13.1 Å². The van der Waals surface area contributed by atoms with Gasteiger partial charge < -0.3 is 14.3 Å². The fourth-order valence-electron chi connectivity index (χ4n) is 2.94. The molecular formula is C23H16Cl2FN3O3S. The smallest absolute Gasteiger partial charge is 0.287 e. The van der Waals surface area contributed by atoms with Gasteiger partial charge in [-0.15, -0.1) is 11.3 Å². The van der Waals surface area contributed by atoms with Crippen LogP contribution in [0.5, 0.6) is 0 Å². The molecule has 0 radical (unpaired) electrons. The van der Waals surface area contributed by atoms with Crippen molar-refractivity contribution in [3.05, 3.63) is 109 Å². The Bertz CT molecular complexity index is 1380. The first-order valence-electron chi connectivity index (χ1n) is 9.68. The number of amides is 2. The fourth-order valence-corrected chi connectivity index (χ4v) is 4.16. The molecule has 0 aliphatic rings. The predicted molar refractivity (Wildman–Crippen MR) is 124 cm³/mol. The molecule has 4 rings (SSSR count). The van der Waals surface area contributed by atoms with Gasteiger partial charge in [0.1, 0.15) is 11.6 Å². The van der Waals surface area contributed by atoms with Crippen LogP contribution in [0.1, 0.15) is 32.2 Å². The molecule has 0 spiro atoms. The monoisotopic (exact) mass is 503 g/mol. The average molecular weight is 504 g/mol. The van der Waals surface area contributed by atoms with Gasteiger partial charge in [-0.1, -0.05) is 35.3 Å². The number of nitrogens with one attached hydrogen (secondary N) is 1. The SMILES string of the molecule is O=C(NCc1ccc(F)cc1)c1ccc(Cn2ccsc2=NC(=O)c2ccc(Cl)cc2Cl)o1. The van der Waals surface area contributed by atoms with Crippen molar-refractivity contribution >= 4 is 46.4 Å². The minimum atomic E-state index is -0.492. The molecule has 2 heterocycles. The van der Waals surface area contributed by atoms with E-state index in [1.54, 1.807) is 46.5 Å². The number of halogens is 3. The molecule has 1 N–H and O–H groups in total. The van der Waals surface area contributed by atoms with Crippen LogP contribution in [0.25, 0.3) is 0 Å². The molecule has 2 aromatic heterocycles. The third kappa shape index (κ3) is 5.78. The maximum Gasteiger partial charge on any atom is 0.287 e. The molecule has 2 amide bonds. The summed E-state index contributed by atoms with van der Waals surface area (Å²) in [5, 5.41) is 5.17. The van der Waals surface area contributed by atoms with E-state index in [1.165, 1.54) is 35.6 Å². The summed E-state index contributed by atoms with van der Waals surface area (Å²) in [6.07, 6.45) is 1.76. The number of hydrogen-bond acceptors (Lipinski definition) is 4. The standard InChI is InChI=1S/C23H16Cl2FN3O3S/c24-15-3-7-18(19(25)11-15)21(30)28-23-29(9-10-33-23)13-17-6-8-20(32-17)22(31)27-12-14-1-4-16(26)5-2-14/h1-11H,12-13H2,(H,27,31). The summed E-state index contributed by atoms with van der Waals surface area (Å²) < 4.78 is 20.4. The Hall–Kier alpha value is -3.20. The number of furan rings is 1. The molecule has 10 heteroatoms. The van der Waals surface area contributed by atoms with Crippen molar-refractivity contribution in [2.24, 2.45) is 4.99 Å². The van der Waals surface area contributed by atoms with Gasteiger partial charge in [-0.2, -0.15) is 4.99 Å². The Kier molecular flexibility index (Phi) is 7.08. The molecule has 0 unspecified atom stereocenters. The highest BCUT2D eigenvalue weighted by molar-refractivity contribution is 7.07. The van der Waals surface area contributed by atoms with Crippen LogP contribution in [-0.4, -0.2) is 16.4 Å². The molecule has 0 atom stereocenters. The lowest BCUT2D eigenvalue weighted by Gasteiger charge is -2.04. The van der Waals surface area contributed by atoms with E-state index >= 15 is 0 Å². The normalized spacial score (nSPS) is 11.5. The van der Waals surface area contributed by atoms with Crippen molar-refractivity contribution in [1.29, 1.82) is 0 Å². The molecule has 6 nitrogen and oxygen atoms in total. The number of benzene rings is 2. The molecule has 33 heavy (non-hydrogen) atoms. The Morgan fingerprint density at radius 3 is 2.64 bits per heavy atom. The van der Waals surface area contributed by atoms with E-state index < -0.39 is 11.8 Å². The molecule has 4 aromatic rings. The number of carbonyl (C=O) groups is 2. The lowest BCUT2D eigenvalue weighted by atomic mass is 10.2. The van der Waals surface area contributed by atoms with Crippen molar-refractivity contribution < 1.29 is 18.4 Å². The lowest BCUT2D eigenvalue weighted by molar-refractivity contribution is 0.0920. The summed E-state index contributed by atoms with van der Waals surface area (Å²) in [5.74, 6) is -0.563. The molecular weight excluding hydrogens is 488 g/mol. The summed E-state index contributed by atoms with van der Waals surface area (Å²) in [6, 6.07) is 13.7. The quantitative estimate of drug-likeness (QED) is 0.387. The van der Waals surface area contributed by atoms with Crippen LogP contribution in [0.15, 0.2) is 75.6 Å². The predicted octanol–water partition coefficient (Wildman–Crippen LogP) is 5.31. The van der Waals surface area contributed by atoms with Crippen LogP contribution in [-0.2, 0) is 13.1 Å². The van der Waals surface area contributed by atoms with E-state index in [0.29, 0.717) is 15.6 Å². The van der Waals surface area contributed by atoms with Gasteiger partial charge in [0.2, 0.25) is 0 Å². The largest absolute Gasteiger partial charge is 0.454 e. The zero-order valence-electron chi connectivity index (χ0n) is 16.9. The molecule has 168 valence electrons. The van der Waals surface area contributed by atoms with Crippen molar-refractivity contribution in [3.63, 3.8) is 0 Å². The molecule has 0 aliphatic heterocycles. The van der Waals surface area contributed by atoms with Gasteiger partial charge in [0.05, 0.1) is 17.1 Å². The van der Waals surface area contributed by atoms with Crippen LogP contribution in [0.4, 0.5) is 4.39 Å². The Morgan fingerprint density at radius 1 is 1.09 bits per heavy atom. The van der Waals surface area contributed by atoms with E-state index in [1.807, 2.05) is 0 Å². The highest BCUT2D eigenvalue weighted by Crippen LogP contribution is 2.21. The highest BCUT2D eigenvalue weighted by Gasteiger charge is 2.13. The minimum Gasteiger partial charge on any atom is -0.454 e. The van der Waals surface area contributed by atoms with Gasteiger partial charge in [0.25, 0.3) is 11.8 Å². The zero-order valence-corrected chi connectivity index (χ0v) is 19.3. The zero-order chi connectivity index (χ0) is 23.4. The number of carbonyl (C=O) groups excluding carboxylic acids is 2. The molecule has 0 aliphatic carbocycles. The van der Waals surface area contributed by atoms with E-state index in [2.05, 4.69) is 10.3 Å². The first-order valence-corrected chi connectivity index (χ1v) is 11.3. The number of thiazole rings is 1. The van der Waals surface area contributed by atoms with Gasteiger partial charge in [-0.05, 0) is 48.0 Å². The fraction of sp³-hybridized carbons (Fsp3) is 0.0870. The molecule has 0 saturated carbocycles. The Labute approximate surface area is 201 Å². The second kappa shape index (κ2) is 10.2. The average Bonchev–Trinajstić information content (AvgIpc) is 3.43. The van der Waals surface area contributed by atoms with Gasteiger partial charge in [-0.3, -0.25) is 9.59 Å². The first kappa shape index (κ1) is 23.0. The van der Waals surface area contributed by atoms with Crippen LogP contribution in [0.3, 0.4) is 0 Å². The van der Waals surface area contributed by atoms with Crippen molar-refractivity contribution in [2.75, 3.05) is 0 Å². The summed E-state index contributed by atoms with van der Waals surface area (Å²) >= 11 is 13.3. The molecule has 0 saturated heterocycles. The number of hydrogen-bond donors (Lipinski definition) is 1. The first-order chi connectivity index (χ1) is 15.9. The van der Waals surface area contributed by atoms with E-state index in [-0.39, 0.29) is 35.3 Å². The Morgan fingerprint density at radius 2 is 1.88 bits per heavy atom. The number of rotatable bonds is 6. The van der Waals surface area contributed by atoms with E-state index in [9.17, 15) is 14.0 Å². The highest BCUT2D eigenvalue weighted by atomic mass is 35.5. The van der Waals surface area contributed by atoms with Crippen molar-refractivity contribution in [3.8, 4) is 0 Å². The van der Waals surface area contributed by atoms with Gasteiger partial charge in [-0.25, -0.2) is 4.39 Å². The summed E-state index contributed by atoms with van der Waals surface area (Å²) in [7, 11) is 0. The summed E-state index contributed by atoms with van der Waals surface area (Å²) in [4.78, 5) is 29.5. The molecule has 2 aromatic carbocycles.